The third-order valence-corrected chi connectivity index (χ3v) is 7.70. The Balaban J connectivity index is 1.29. The summed E-state index contributed by atoms with van der Waals surface area (Å²) in [7, 11) is 0. The standard InChI is InChI=1S/C38H24N6/c1-2-9-27(10-3-1)34-22-32(35-31-13-5-4-8-25(31)18-19-33(35)41-34)26-14-16-28(17-15-26)36-42-37(29-11-6-20-39-23-29)44-38(43-36)30-12-7-21-40-24-30/h1-24H. The Morgan fingerprint density at radius 2 is 1.00 bits per heavy atom. The van der Waals surface area contributed by atoms with Crippen LogP contribution in [0.3, 0.4) is 0 Å². The van der Waals surface area contributed by atoms with Crippen LogP contribution in [-0.4, -0.2) is 29.9 Å². The molecule has 6 heteroatoms. The first kappa shape index (κ1) is 25.6. The van der Waals surface area contributed by atoms with E-state index in [1.165, 1.54) is 10.8 Å². The maximum absolute atomic E-state index is 5.09. The summed E-state index contributed by atoms with van der Waals surface area (Å²) in [5, 5.41) is 3.49. The predicted molar refractivity (Wildman–Crippen MR) is 175 cm³/mol. The molecule has 206 valence electrons. The molecule has 0 bridgehead atoms. The van der Waals surface area contributed by atoms with Crippen molar-refractivity contribution in [2.75, 3.05) is 0 Å². The van der Waals surface area contributed by atoms with Gasteiger partial charge in [0.2, 0.25) is 0 Å². The van der Waals surface area contributed by atoms with Crippen LogP contribution in [0.1, 0.15) is 0 Å². The maximum atomic E-state index is 5.09. The zero-order chi connectivity index (χ0) is 29.3. The molecule has 4 aromatic carbocycles. The van der Waals surface area contributed by atoms with E-state index >= 15 is 0 Å². The molecule has 0 N–H and O–H groups in total. The van der Waals surface area contributed by atoms with Crippen LogP contribution in [0.15, 0.2) is 146 Å². The summed E-state index contributed by atoms with van der Waals surface area (Å²) in [6.07, 6.45) is 7.00. The smallest absolute Gasteiger partial charge is 0.165 e. The van der Waals surface area contributed by atoms with E-state index in [1.807, 2.05) is 42.5 Å². The van der Waals surface area contributed by atoms with E-state index < -0.39 is 0 Å². The summed E-state index contributed by atoms with van der Waals surface area (Å²) in [6, 6.07) is 41.3. The Hall–Kier alpha value is -6.14. The minimum absolute atomic E-state index is 0.560. The normalized spacial score (nSPS) is 11.2. The van der Waals surface area contributed by atoms with Crippen molar-refractivity contribution >= 4 is 21.7 Å². The molecule has 4 aromatic heterocycles. The molecule has 0 amide bonds. The van der Waals surface area contributed by atoms with Gasteiger partial charge in [-0.25, -0.2) is 19.9 Å². The second-order valence-corrected chi connectivity index (χ2v) is 10.5. The Labute approximate surface area is 253 Å². The average Bonchev–Trinajstić information content (AvgIpc) is 3.12. The van der Waals surface area contributed by atoms with Crippen LogP contribution < -0.4 is 0 Å². The fraction of sp³-hybridized carbons (Fsp3) is 0. The van der Waals surface area contributed by atoms with Crippen LogP contribution >= 0.6 is 0 Å². The fourth-order valence-corrected chi connectivity index (χ4v) is 5.54. The van der Waals surface area contributed by atoms with Crippen molar-refractivity contribution in [1.29, 1.82) is 0 Å². The minimum atomic E-state index is 0.560. The second kappa shape index (κ2) is 10.9. The highest BCUT2D eigenvalue weighted by Gasteiger charge is 2.15. The van der Waals surface area contributed by atoms with Gasteiger partial charge >= 0.3 is 0 Å². The number of nitrogens with zero attached hydrogens (tertiary/aromatic N) is 6. The summed E-state index contributed by atoms with van der Waals surface area (Å²) < 4.78 is 0. The number of aromatic nitrogens is 6. The quantitative estimate of drug-likeness (QED) is 0.195. The van der Waals surface area contributed by atoms with Gasteiger partial charge in [-0.1, -0.05) is 84.9 Å². The Bertz CT molecular complexity index is 2200. The monoisotopic (exact) mass is 564 g/mol. The van der Waals surface area contributed by atoms with E-state index in [4.69, 9.17) is 19.9 Å². The number of fused-ring (bicyclic) bond motifs is 3. The summed E-state index contributed by atoms with van der Waals surface area (Å²) in [5.41, 5.74) is 7.72. The predicted octanol–water partition coefficient (Wildman–Crippen LogP) is 8.70. The number of pyridine rings is 3. The molecule has 0 fully saturated rings. The van der Waals surface area contributed by atoms with Gasteiger partial charge in [0.05, 0.1) is 11.2 Å². The fourth-order valence-electron chi connectivity index (χ4n) is 5.54. The van der Waals surface area contributed by atoms with E-state index in [0.29, 0.717) is 17.5 Å². The summed E-state index contributed by atoms with van der Waals surface area (Å²) in [6.45, 7) is 0. The first-order valence-electron chi connectivity index (χ1n) is 14.4. The summed E-state index contributed by atoms with van der Waals surface area (Å²) >= 11 is 0. The average molecular weight is 565 g/mol. The topological polar surface area (TPSA) is 77.3 Å². The minimum Gasteiger partial charge on any atom is -0.264 e. The molecule has 0 atom stereocenters. The Morgan fingerprint density at radius 1 is 0.409 bits per heavy atom. The molecule has 0 aliphatic carbocycles. The molecule has 0 spiro atoms. The summed E-state index contributed by atoms with van der Waals surface area (Å²) in [5.74, 6) is 1.70. The molecule has 8 rings (SSSR count). The van der Waals surface area contributed by atoms with Crippen molar-refractivity contribution in [3.8, 4) is 56.5 Å². The van der Waals surface area contributed by atoms with Crippen molar-refractivity contribution in [1.82, 2.24) is 29.9 Å². The Kier molecular flexibility index (Phi) is 6.35. The van der Waals surface area contributed by atoms with Gasteiger partial charge in [-0.15, -0.1) is 0 Å². The lowest BCUT2D eigenvalue weighted by atomic mass is 9.94. The zero-order valence-corrected chi connectivity index (χ0v) is 23.5. The molecular weight excluding hydrogens is 540 g/mol. The SMILES string of the molecule is c1ccc(-c2cc(-c3ccc(-c4nc(-c5cccnc5)nc(-c5cccnc5)n4)cc3)c3c(ccc4ccccc43)n2)cc1. The highest BCUT2D eigenvalue weighted by Crippen LogP contribution is 2.37. The van der Waals surface area contributed by atoms with Crippen LogP contribution in [0.2, 0.25) is 0 Å². The molecule has 4 heterocycles. The van der Waals surface area contributed by atoms with E-state index in [9.17, 15) is 0 Å². The van der Waals surface area contributed by atoms with Crippen molar-refractivity contribution in [3.05, 3.63) is 146 Å². The van der Waals surface area contributed by atoms with Crippen molar-refractivity contribution < 1.29 is 0 Å². The van der Waals surface area contributed by atoms with Crippen molar-refractivity contribution in [3.63, 3.8) is 0 Å². The molecular formula is C38H24N6. The van der Waals surface area contributed by atoms with E-state index in [2.05, 4.69) is 88.8 Å². The largest absolute Gasteiger partial charge is 0.264 e. The zero-order valence-electron chi connectivity index (χ0n) is 23.5. The van der Waals surface area contributed by atoms with E-state index in [1.54, 1.807) is 24.8 Å². The third-order valence-electron chi connectivity index (χ3n) is 7.70. The number of hydrogen-bond acceptors (Lipinski definition) is 6. The van der Waals surface area contributed by atoms with Crippen molar-refractivity contribution in [2.45, 2.75) is 0 Å². The van der Waals surface area contributed by atoms with Gasteiger partial charge in [0.1, 0.15) is 0 Å². The number of hydrogen-bond donors (Lipinski definition) is 0. The molecule has 0 saturated heterocycles. The molecule has 0 unspecified atom stereocenters. The number of rotatable bonds is 5. The van der Waals surface area contributed by atoms with Gasteiger partial charge in [0.15, 0.2) is 17.5 Å². The number of benzene rings is 4. The second-order valence-electron chi connectivity index (χ2n) is 10.5. The van der Waals surface area contributed by atoms with Gasteiger partial charge < -0.3 is 0 Å². The molecule has 0 aliphatic heterocycles. The van der Waals surface area contributed by atoms with Gasteiger partial charge in [-0.05, 0) is 58.3 Å². The van der Waals surface area contributed by atoms with E-state index in [0.717, 1.165) is 50.0 Å². The first-order valence-corrected chi connectivity index (χ1v) is 14.4. The van der Waals surface area contributed by atoms with Crippen LogP contribution in [0.25, 0.3) is 78.2 Å². The lowest BCUT2D eigenvalue weighted by molar-refractivity contribution is 1.07. The first-order chi connectivity index (χ1) is 21.8. The molecule has 0 saturated carbocycles. The van der Waals surface area contributed by atoms with Gasteiger partial charge in [0, 0.05) is 52.4 Å². The van der Waals surface area contributed by atoms with Crippen molar-refractivity contribution in [2.24, 2.45) is 0 Å². The van der Waals surface area contributed by atoms with Crippen LogP contribution in [0.4, 0.5) is 0 Å². The maximum Gasteiger partial charge on any atom is 0.165 e. The molecule has 0 radical (unpaired) electrons. The van der Waals surface area contributed by atoms with Crippen LogP contribution in [-0.2, 0) is 0 Å². The molecule has 8 aromatic rings. The third kappa shape index (κ3) is 4.74. The van der Waals surface area contributed by atoms with Gasteiger partial charge in [-0.3, -0.25) is 9.97 Å². The van der Waals surface area contributed by atoms with E-state index in [-0.39, 0.29) is 0 Å². The highest BCUT2D eigenvalue weighted by molar-refractivity contribution is 6.13. The lowest BCUT2D eigenvalue weighted by Gasteiger charge is -2.13. The van der Waals surface area contributed by atoms with Crippen LogP contribution in [0, 0.1) is 0 Å². The Morgan fingerprint density at radius 3 is 1.66 bits per heavy atom. The summed E-state index contributed by atoms with van der Waals surface area (Å²) in [4.78, 5) is 28.1. The van der Waals surface area contributed by atoms with Gasteiger partial charge in [-0.2, -0.15) is 0 Å². The van der Waals surface area contributed by atoms with Crippen LogP contribution in [0.5, 0.6) is 0 Å². The highest BCUT2D eigenvalue weighted by atomic mass is 15.0. The lowest BCUT2D eigenvalue weighted by Crippen LogP contribution is -2.00. The molecule has 44 heavy (non-hydrogen) atoms. The molecule has 6 nitrogen and oxygen atoms in total. The molecule has 0 aliphatic rings. The van der Waals surface area contributed by atoms with Gasteiger partial charge in [0.25, 0.3) is 0 Å².